The molecule has 0 amide bonds. The molecule has 0 saturated carbocycles. The van der Waals surface area contributed by atoms with Crippen molar-refractivity contribution in [2.45, 2.75) is 57.1 Å². The summed E-state index contributed by atoms with van der Waals surface area (Å²) in [5.74, 6) is 0.717. The molecule has 3 atom stereocenters. The molecule has 0 N–H and O–H groups in total. The molecule has 0 radical (unpaired) electrons. The summed E-state index contributed by atoms with van der Waals surface area (Å²) in [5, 5.41) is 9.24. The third-order valence-electron chi connectivity index (χ3n) is 9.06. The minimum Gasteiger partial charge on any atom is -0.497 e. The largest absolute Gasteiger partial charge is 0.497 e. The number of benzene rings is 4. The Morgan fingerprint density at radius 3 is 2.08 bits per heavy atom. The molecule has 1 fully saturated rings. The van der Waals surface area contributed by atoms with E-state index >= 15 is 0 Å². The van der Waals surface area contributed by atoms with Crippen molar-refractivity contribution in [3.63, 3.8) is 0 Å². The fourth-order valence-corrected chi connectivity index (χ4v) is 6.49. The Labute approximate surface area is 297 Å². The van der Waals surface area contributed by atoms with Crippen LogP contribution in [0.5, 0.6) is 5.75 Å². The van der Waals surface area contributed by atoms with Crippen LogP contribution < -0.4 is 16.0 Å². The fraction of sp³-hybridized carbons (Fsp3) is 0.293. The zero-order valence-electron chi connectivity index (χ0n) is 28.7. The average Bonchev–Trinajstić information content (AvgIpc) is 3.58. The van der Waals surface area contributed by atoms with E-state index in [1.807, 2.05) is 115 Å². The van der Waals surface area contributed by atoms with E-state index in [1.54, 1.807) is 14.0 Å². The van der Waals surface area contributed by atoms with Crippen LogP contribution in [-0.2, 0) is 37.9 Å². The Morgan fingerprint density at radius 1 is 0.863 bits per heavy atom. The van der Waals surface area contributed by atoms with E-state index in [4.69, 9.17) is 23.7 Å². The summed E-state index contributed by atoms with van der Waals surface area (Å²) in [6.45, 7) is 1.96. The Bertz CT molecular complexity index is 1990. The summed E-state index contributed by atoms with van der Waals surface area (Å²) in [6, 6.07) is 39.4. The Balaban J connectivity index is 1.32. The molecule has 0 unspecified atom stereocenters. The predicted molar refractivity (Wildman–Crippen MR) is 191 cm³/mol. The molecule has 0 aliphatic carbocycles. The lowest BCUT2D eigenvalue weighted by atomic mass is 9.80. The molecule has 1 aliphatic heterocycles. The molecule has 1 aliphatic rings. The van der Waals surface area contributed by atoms with Gasteiger partial charge in [0.25, 0.3) is 5.56 Å². The molecule has 4 aromatic carbocycles. The lowest BCUT2D eigenvalue weighted by Crippen LogP contribution is -2.42. The monoisotopic (exact) mass is 687 g/mol. The van der Waals surface area contributed by atoms with Gasteiger partial charge in [0.05, 0.1) is 45.5 Å². The van der Waals surface area contributed by atoms with Crippen molar-refractivity contribution in [1.29, 1.82) is 5.26 Å². The molecular formula is C41H41N3O7. The first-order chi connectivity index (χ1) is 24.9. The number of nitrogens with zero attached hydrogens (tertiary/aromatic N) is 3. The number of hydrogen-bond donors (Lipinski definition) is 0. The molecule has 2 heterocycles. The van der Waals surface area contributed by atoms with Crippen LogP contribution in [0.25, 0.3) is 0 Å². The van der Waals surface area contributed by atoms with Gasteiger partial charge in [0, 0.05) is 18.2 Å². The number of aryl methyl sites for hydroxylation is 1. The second-order valence-electron chi connectivity index (χ2n) is 12.3. The topological polar surface area (TPSA) is 114 Å². The SMILES string of the molecule is COc1ccc(C(OC[C@H]2O[C@@H](n3cc(C)c(=O)n(COCc4ccccc4)c3=O)C[C@@H]2OCCC#N)(c2ccccc2)c2ccccc2)cc1. The molecule has 1 saturated heterocycles. The summed E-state index contributed by atoms with van der Waals surface area (Å²) in [4.78, 5) is 26.9. The number of methoxy groups -OCH3 is 1. The van der Waals surface area contributed by atoms with E-state index in [-0.39, 0.29) is 33.0 Å². The van der Waals surface area contributed by atoms with Crippen LogP contribution in [0.3, 0.4) is 0 Å². The zero-order valence-corrected chi connectivity index (χ0v) is 28.7. The highest BCUT2D eigenvalue weighted by molar-refractivity contribution is 5.48. The summed E-state index contributed by atoms with van der Waals surface area (Å²) >= 11 is 0. The molecule has 51 heavy (non-hydrogen) atoms. The third kappa shape index (κ3) is 7.88. The fourth-order valence-electron chi connectivity index (χ4n) is 6.49. The first-order valence-corrected chi connectivity index (χ1v) is 16.9. The maximum absolute atomic E-state index is 13.8. The smallest absolute Gasteiger partial charge is 0.335 e. The molecule has 10 heteroatoms. The molecule has 1 aromatic heterocycles. The van der Waals surface area contributed by atoms with E-state index in [1.165, 1.54) is 10.8 Å². The number of rotatable bonds is 15. The minimum atomic E-state index is -1.05. The molecule has 5 aromatic rings. The first-order valence-electron chi connectivity index (χ1n) is 16.9. The standard InChI is InChI=1S/C41H41N3O7/c1-30-26-43(40(46)44(39(30)45)29-48-27-31-13-6-3-7-14-31)38-25-36(49-24-12-23-42)37(51-38)28-50-41(32-15-8-4-9-16-32,33-17-10-5-11-18-33)34-19-21-35(47-2)22-20-34/h3-11,13-22,26,36-38H,12,24-25,27-29H2,1-2H3/t36-,37+,38+/m0/s1. The van der Waals surface area contributed by atoms with Crippen LogP contribution >= 0.6 is 0 Å². The van der Waals surface area contributed by atoms with Crippen molar-refractivity contribution in [3.8, 4) is 11.8 Å². The Hall–Kier alpha value is -5.31. The summed E-state index contributed by atoms with van der Waals surface area (Å²) < 4.78 is 33.6. The molecule has 0 spiro atoms. The predicted octanol–water partition coefficient (Wildman–Crippen LogP) is 6.10. The Morgan fingerprint density at radius 2 is 1.47 bits per heavy atom. The van der Waals surface area contributed by atoms with E-state index in [0.717, 1.165) is 26.8 Å². The van der Waals surface area contributed by atoms with E-state index in [2.05, 4.69) is 6.07 Å². The maximum Gasteiger partial charge on any atom is 0.335 e. The normalized spacial score (nSPS) is 17.2. The highest BCUT2D eigenvalue weighted by Crippen LogP contribution is 2.42. The molecule has 262 valence electrons. The third-order valence-corrected chi connectivity index (χ3v) is 9.06. The summed E-state index contributed by atoms with van der Waals surface area (Å²) in [5.41, 5.74) is 1.96. The second kappa shape index (κ2) is 16.6. The number of nitriles is 1. The quantitative estimate of drug-likeness (QED) is 0.0959. The van der Waals surface area contributed by atoms with Crippen molar-refractivity contribution in [2.24, 2.45) is 0 Å². The zero-order chi connectivity index (χ0) is 35.6. The average molecular weight is 688 g/mol. The highest BCUT2D eigenvalue weighted by Gasteiger charge is 2.43. The van der Waals surface area contributed by atoms with Crippen LogP contribution in [-0.4, -0.2) is 41.7 Å². The van der Waals surface area contributed by atoms with Crippen LogP contribution in [0.2, 0.25) is 0 Å². The van der Waals surface area contributed by atoms with Gasteiger partial charge in [-0.05, 0) is 41.3 Å². The van der Waals surface area contributed by atoms with Gasteiger partial charge in [-0.25, -0.2) is 9.36 Å². The lowest BCUT2D eigenvalue weighted by molar-refractivity contribution is -0.104. The number of aromatic nitrogens is 2. The van der Waals surface area contributed by atoms with Gasteiger partial charge in [-0.15, -0.1) is 0 Å². The summed E-state index contributed by atoms with van der Waals surface area (Å²) in [6.07, 6.45) is 0.122. The van der Waals surface area contributed by atoms with E-state index < -0.39 is 35.3 Å². The molecular weight excluding hydrogens is 646 g/mol. The van der Waals surface area contributed by atoms with Gasteiger partial charge in [0.1, 0.15) is 30.4 Å². The van der Waals surface area contributed by atoms with E-state index in [9.17, 15) is 14.9 Å². The van der Waals surface area contributed by atoms with Crippen molar-refractivity contribution >= 4 is 0 Å². The molecule has 10 nitrogen and oxygen atoms in total. The summed E-state index contributed by atoms with van der Waals surface area (Å²) in [7, 11) is 1.63. The highest BCUT2D eigenvalue weighted by atomic mass is 16.6. The van der Waals surface area contributed by atoms with Crippen LogP contribution in [0.15, 0.2) is 131 Å². The second-order valence-corrected chi connectivity index (χ2v) is 12.3. The van der Waals surface area contributed by atoms with Gasteiger partial charge in [-0.3, -0.25) is 9.36 Å². The van der Waals surface area contributed by atoms with Crippen molar-refractivity contribution in [2.75, 3.05) is 20.3 Å². The van der Waals surface area contributed by atoms with Gasteiger partial charge in [0.2, 0.25) is 0 Å². The van der Waals surface area contributed by atoms with Crippen LogP contribution in [0, 0.1) is 18.3 Å². The van der Waals surface area contributed by atoms with E-state index in [0.29, 0.717) is 17.7 Å². The first kappa shape index (κ1) is 35.5. The lowest BCUT2D eigenvalue weighted by Gasteiger charge is -2.37. The van der Waals surface area contributed by atoms with Crippen LogP contribution in [0.1, 0.15) is 46.9 Å². The van der Waals surface area contributed by atoms with Gasteiger partial charge in [0.15, 0.2) is 0 Å². The van der Waals surface area contributed by atoms with Gasteiger partial charge in [-0.1, -0.05) is 103 Å². The van der Waals surface area contributed by atoms with Gasteiger partial charge < -0.3 is 23.7 Å². The maximum atomic E-state index is 13.8. The van der Waals surface area contributed by atoms with Crippen molar-refractivity contribution < 1.29 is 23.7 Å². The molecule has 0 bridgehead atoms. The van der Waals surface area contributed by atoms with Gasteiger partial charge in [-0.2, -0.15) is 5.26 Å². The van der Waals surface area contributed by atoms with Gasteiger partial charge >= 0.3 is 5.69 Å². The number of hydrogen-bond acceptors (Lipinski definition) is 8. The minimum absolute atomic E-state index is 0.0805. The number of ether oxygens (including phenoxy) is 5. The molecule has 6 rings (SSSR count). The Kier molecular flexibility index (Phi) is 11.6. The van der Waals surface area contributed by atoms with Crippen molar-refractivity contribution in [1.82, 2.24) is 9.13 Å². The van der Waals surface area contributed by atoms with Crippen LogP contribution in [0.4, 0.5) is 0 Å². The van der Waals surface area contributed by atoms with Crippen molar-refractivity contribution in [3.05, 3.63) is 170 Å².